The average molecular weight is 260 g/mol. The normalized spacial score (nSPS) is 10.2. The Labute approximate surface area is 108 Å². The van der Waals surface area contributed by atoms with Gasteiger partial charge in [-0.3, -0.25) is 19.9 Å². The number of nitro groups is 1. The zero-order valence-electron chi connectivity index (χ0n) is 10.2. The Kier molecular flexibility index (Phi) is 3.56. The maximum Gasteiger partial charge on any atom is 0.334 e. The number of hydrogen-bond acceptors (Lipinski definition) is 5. The highest BCUT2D eigenvalue weighted by atomic mass is 16.6. The Bertz CT molecular complexity index is 666. The SMILES string of the molecule is CNc1ccnc(Cn2cccc([N+](=O)[O-])c2=O)c1. The number of rotatable bonds is 4. The molecule has 7 heteroatoms. The lowest BCUT2D eigenvalue weighted by atomic mass is 10.3. The fraction of sp³-hybridized carbons (Fsp3) is 0.167. The molecule has 98 valence electrons. The minimum absolute atomic E-state index is 0.191. The third-order valence-electron chi connectivity index (χ3n) is 2.63. The molecule has 0 aliphatic carbocycles. The van der Waals surface area contributed by atoms with Crippen LogP contribution in [0.25, 0.3) is 0 Å². The lowest BCUT2D eigenvalue weighted by Crippen LogP contribution is -2.22. The van der Waals surface area contributed by atoms with Crippen LogP contribution in [0.3, 0.4) is 0 Å². The van der Waals surface area contributed by atoms with Gasteiger partial charge in [-0.1, -0.05) is 0 Å². The quantitative estimate of drug-likeness (QED) is 0.659. The lowest BCUT2D eigenvalue weighted by Gasteiger charge is -2.06. The molecule has 0 aromatic carbocycles. The van der Waals surface area contributed by atoms with Crippen LogP contribution in [0.4, 0.5) is 11.4 Å². The van der Waals surface area contributed by atoms with Crippen molar-refractivity contribution in [2.24, 2.45) is 0 Å². The molecule has 7 nitrogen and oxygen atoms in total. The molecular formula is C12H12N4O3. The molecule has 0 atom stereocenters. The number of nitrogens with one attached hydrogen (secondary N) is 1. The first kappa shape index (κ1) is 12.7. The van der Waals surface area contributed by atoms with Crippen LogP contribution in [-0.4, -0.2) is 21.5 Å². The Hall–Kier alpha value is -2.70. The van der Waals surface area contributed by atoms with E-state index in [9.17, 15) is 14.9 Å². The van der Waals surface area contributed by atoms with Crippen molar-refractivity contribution >= 4 is 11.4 Å². The van der Waals surface area contributed by atoms with Crippen LogP contribution in [0, 0.1) is 10.1 Å². The number of pyridine rings is 2. The van der Waals surface area contributed by atoms with Gasteiger partial charge >= 0.3 is 11.2 Å². The van der Waals surface area contributed by atoms with E-state index >= 15 is 0 Å². The Morgan fingerprint density at radius 2 is 2.26 bits per heavy atom. The number of anilines is 1. The highest BCUT2D eigenvalue weighted by Crippen LogP contribution is 2.08. The Balaban J connectivity index is 2.36. The van der Waals surface area contributed by atoms with Crippen molar-refractivity contribution in [3.8, 4) is 0 Å². The first-order valence-corrected chi connectivity index (χ1v) is 5.58. The molecule has 0 radical (unpaired) electrons. The van der Waals surface area contributed by atoms with Crippen LogP contribution >= 0.6 is 0 Å². The number of nitrogens with zero attached hydrogens (tertiary/aromatic N) is 3. The fourth-order valence-corrected chi connectivity index (χ4v) is 1.68. The van der Waals surface area contributed by atoms with Gasteiger partial charge in [0.05, 0.1) is 17.2 Å². The maximum atomic E-state index is 11.8. The molecule has 0 saturated heterocycles. The lowest BCUT2D eigenvalue weighted by molar-refractivity contribution is -0.386. The van der Waals surface area contributed by atoms with Gasteiger partial charge in [0, 0.05) is 31.2 Å². The van der Waals surface area contributed by atoms with E-state index in [0.29, 0.717) is 5.69 Å². The van der Waals surface area contributed by atoms with Gasteiger partial charge in [-0.25, -0.2) is 0 Å². The van der Waals surface area contributed by atoms with E-state index in [2.05, 4.69) is 10.3 Å². The molecule has 0 aliphatic heterocycles. The van der Waals surface area contributed by atoms with Crippen molar-refractivity contribution in [3.63, 3.8) is 0 Å². The highest BCUT2D eigenvalue weighted by Gasteiger charge is 2.13. The zero-order valence-corrected chi connectivity index (χ0v) is 10.2. The molecule has 2 rings (SSSR count). The summed E-state index contributed by atoms with van der Waals surface area (Å²) in [6.45, 7) is 0.191. The predicted molar refractivity (Wildman–Crippen MR) is 70.2 cm³/mol. The van der Waals surface area contributed by atoms with E-state index in [1.807, 2.05) is 0 Å². The molecule has 19 heavy (non-hydrogen) atoms. The largest absolute Gasteiger partial charge is 0.388 e. The third kappa shape index (κ3) is 2.76. The van der Waals surface area contributed by atoms with Crippen LogP contribution < -0.4 is 10.9 Å². The second-order valence-electron chi connectivity index (χ2n) is 3.87. The summed E-state index contributed by atoms with van der Waals surface area (Å²) < 4.78 is 1.26. The van der Waals surface area contributed by atoms with E-state index in [1.165, 1.54) is 22.9 Å². The van der Waals surface area contributed by atoms with Gasteiger partial charge in [-0.15, -0.1) is 0 Å². The van der Waals surface area contributed by atoms with Gasteiger partial charge < -0.3 is 9.88 Å². The minimum Gasteiger partial charge on any atom is -0.388 e. The Morgan fingerprint density at radius 3 is 2.95 bits per heavy atom. The molecule has 2 aromatic heterocycles. The summed E-state index contributed by atoms with van der Waals surface area (Å²) in [6.07, 6.45) is 3.12. The van der Waals surface area contributed by atoms with Crippen molar-refractivity contribution < 1.29 is 4.92 Å². The summed E-state index contributed by atoms with van der Waals surface area (Å²) >= 11 is 0. The molecule has 0 amide bonds. The molecule has 2 heterocycles. The van der Waals surface area contributed by atoms with Gasteiger partial charge in [0.25, 0.3) is 0 Å². The van der Waals surface area contributed by atoms with Crippen LogP contribution in [0.5, 0.6) is 0 Å². The van der Waals surface area contributed by atoms with E-state index in [-0.39, 0.29) is 6.54 Å². The maximum absolute atomic E-state index is 11.8. The van der Waals surface area contributed by atoms with Crippen molar-refractivity contribution in [1.29, 1.82) is 0 Å². The molecule has 0 aliphatic rings. The van der Waals surface area contributed by atoms with Crippen LogP contribution in [0.15, 0.2) is 41.5 Å². The van der Waals surface area contributed by atoms with E-state index < -0.39 is 16.2 Å². The minimum atomic E-state index is -0.684. The summed E-state index contributed by atoms with van der Waals surface area (Å²) in [5.41, 5.74) is 0.439. The van der Waals surface area contributed by atoms with E-state index in [0.717, 1.165) is 5.69 Å². The summed E-state index contributed by atoms with van der Waals surface area (Å²) in [4.78, 5) is 26.0. The van der Waals surface area contributed by atoms with Crippen molar-refractivity contribution in [3.05, 3.63) is 62.8 Å². The van der Waals surface area contributed by atoms with Gasteiger partial charge in [-0.05, 0) is 18.2 Å². The van der Waals surface area contributed by atoms with Gasteiger partial charge in [0.2, 0.25) is 0 Å². The van der Waals surface area contributed by atoms with Crippen LogP contribution in [-0.2, 0) is 6.54 Å². The van der Waals surface area contributed by atoms with Crippen molar-refractivity contribution in [1.82, 2.24) is 9.55 Å². The zero-order chi connectivity index (χ0) is 13.8. The van der Waals surface area contributed by atoms with Crippen LogP contribution in [0.1, 0.15) is 5.69 Å². The molecule has 0 bridgehead atoms. The molecule has 2 aromatic rings. The molecule has 0 spiro atoms. The number of hydrogen-bond donors (Lipinski definition) is 1. The summed E-state index contributed by atoms with van der Waals surface area (Å²) in [7, 11) is 1.78. The van der Waals surface area contributed by atoms with Crippen molar-refractivity contribution in [2.45, 2.75) is 6.54 Å². The van der Waals surface area contributed by atoms with Gasteiger partial charge in [0.15, 0.2) is 0 Å². The van der Waals surface area contributed by atoms with E-state index in [1.54, 1.807) is 25.4 Å². The average Bonchev–Trinajstić information content (AvgIpc) is 2.41. The molecule has 0 unspecified atom stereocenters. The molecular weight excluding hydrogens is 248 g/mol. The summed E-state index contributed by atoms with van der Waals surface area (Å²) in [5, 5.41) is 13.7. The summed E-state index contributed by atoms with van der Waals surface area (Å²) in [6, 6.07) is 6.24. The standard InChI is InChI=1S/C12H12N4O3/c1-13-9-4-5-14-10(7-9)8-15-6-2-3-11(12(15)17)16(18)19/h2-7H,8H2,1H3,(H,13,14). The second kappa shape index (κ2) is 5.30. The second-order valence-corrected chi connectivity index (χ2v) is 3.87. The fourth-order valence-electron chi connectivity index (χ4n) is 1.68. The van der Waals surface area contributed by atoms with Crippen LogP contribution in [0.2, 0.25) is 0 Å². The topological polar surface area (TPSA) is 90.1 Å². The predicted octanol–water partition coefficient (Wildman–Crippen LogP) is 1.24. The van der Waals surface area contributed by atoms with Gasteiger partial charge in [0.1, 0.15) is 0 Å². The monoisotopic (exact) mass is 260 g/mol. The first-order chi connectivity index (χ1) is 9.11. The highest BCUT2D eigenvalue weighted by molar-refractivity contribution is 5.42. The smallest absolute Gasteiger partial charge is 0.334 e. The Morgan fingerprint density at radius 1 is 1.47 bits per heavy atom. The third-order valence-corrected chi connectivity index (χ3v) is 2.63. The summed E-state index contributed by atoms with van der Waals surface area (Å²) in [5.74, 6) is 0. The van der Waals surface area contributed by atoms with E-state index in [4.69, 9.17) is 0 Å². The molecule has 0 saturated carbocycles. The van der Waals surface area contributed by atoms with Gasteiger partial charge in [-0.2, -0.15) is 0 Å². The first-order valence-electron chi connectivity index (χ1n) is 5.58. The number of aromatic nitrogens is 2. The molecule has 0 fully saturated rings. The molecule has 1 N–H and O–H groups in total. The van der Waals surface area contributed by atoms with Crippen molar-refractivity contribution in [2.75, 3.05) is 12.4 Å².